The standard InChI is InChI=1S/C11H8F3N3O3/c12-11(13,14)9-8(10(19)20)15-16-17(9)5-6-1-3-7(18)4-2-6/h1-4,18H,5H2,(H,19,20). The van der Waals surface area contributed by atoms with Gasteiger partial charge in [0, 0.05) is 0 Å². The molecule has 0 aliphatic heterocycles. The number of aromatic carboxylic acids is 1. The molecule has 2 aromatic rings. The topological polar surface area (TPSA) is 88.2 Å². The van der Waals surface area contributed by atoms with E-state index in [-0.39, 0.29) is 12.3 Å². The van der Waals surface area contributed by atoms with Crippen LogP contribution >= 0.6 is 0 Å². The number of halogens is 3. The van der Waals surface area contributed by atoms with Crippen LogP contribution in [0.2, 0.25) is 0 Å². The van der Waals surface area contributed by atoms with Crippen LogP contribution in [0.15, 0.2) is 24.3 Å². The van der Waals surface area contributed by atoms with E-state index in [1.54, 1.807) is 0 Å². The number of hydrogen-bond donors (Lipinski definition) is 2. The molecule has 20 heavy (non-hydrogen) atoms. The molecule has 0 fully saturated rings. The Morgan fingerprint density at radius 1 is 1.25 bits per heavy atom. The molecule has 0 aliphatic carbocycles. The summed E-state index contributed by atoms with van der Waals surface area (Å²) in [5.41, 5.74) is -2.15. The Labute approximate surface area is 110 Å². The van der Waals surface area contributed by atoms with Gasteiger partial charge in [-0.15, -0.1) is 5.10 Å². The highest BCUT2D eigenvalue weighted by molar-refractivity contribution is 5.86. The Balaban J connectivity index is 2.42. The Morgan fingerprint density at radius 2 is 1.85 bits per heavy atom. The minimum atomic E-state index is -4.88. The number of hydrogen-bond acceptors (Lipinski definition) is 4. The molecule has 9 heteroatoms. The third-order valence-electron chi connectivity index (χ3n) is 2.47. The van der Waals surface area contributed by atoms with E-state index in [9.17, 15) is 18.0 Å². The number of nitrogens with zero attached hydrogens (tertiary/aromatic N) is 3. The summed E-state index contributed by atoms with van der Waals surface area (Å²) >= 11 is 0. The number of carbonyl (C=O) groups is 1. The van der Waals surface area contributed by atoms with Gasteiger partial charge in [-0.2, -0.15) is 13.2 Å². The third-order valence-corrected chi connectivity index (χ3v) is 2.47. The van der Waals surface area contributed by atoms with Crippen molar-refractivity contribution in [2.75, 3.05) is 0 Å². The van der Waals surface area contributed by atoms with E-state index in [1.807, 2.05) is 0 Å². The van der Waals surface area contributed by atoms with E-state index in [4.69, 9.17) is 10.2 Å². The zero-order chi connectivity index (χ0) is 14.9. The molecule has 6 nitrogen and oxygen atoms in total. The number of rotatable bonds is 3. The molecule has 106 valence electrons. The van der Waals surface area contributed by atoms with Gasteiger partial charge in [0.15, 0.2) is 5.69 Å². The smallest absolute Gasteiger partial charge is 0.435 e. The lowest BCUT2D eigenvalue weighted by molar-refractivity contribution is -0.144. The van der Waals surface area contributed by atoms with Crippen molar-refractivity contribution in [1.29, 1.82) is 0 Å². The van der Waals surface area contributed by atoms with Crippen LogP contribution < -0.4 is 0 Å². The molecule has 2 rings (SSSR count). The van der Waals surface area contributed by atoms with Gasteiger partial charge in [-0.1, -0.05) is 17.3 Å². The minimum absolute atomic E-state index is 0.0328. The molecular formula is C11H8F3N3O3. The average Bonchev–Trinajstić information content (AvgIpc) is 2.76. The van der Waals surface area contributed by atoms with E-state index in [1.165, 1.54) is 24.3 Å². The maximum atomic E-state index is 12.9. The molecule has 2 N–H and O–H groups in total. The summed E-state index contributed by atoms with van der Waals surface area (Å²) < 4.78 is 39.1. The van der Waals surface area contributed by atoms with Gasteiger partial charge in [-0.05, 0) is 17.7 Å². The lowest BCUT2D eigenvalue weighted by Gasteiger charge is -2.10. The van der Waals surface area contributed by atoms with Crippen molar-refractivity contribution in [3.63, 3.8) is 0 Å². The fraction of sp³-hybridized carbons (Fsp3) is 0.182. The zero-order valence-corrected chi connectivity index (χ0v) is 9.79. The zero-order valence-electron chi connectivity index (χ0n) is 9.79. The number of aromatic hydroxyl groups is 1. The molecule has 0 aliphatic rings. The molecule has 0 atom stereocenters. The van der Waals surface area contributed by atoms with Crippen molar-refractivity contribution in [2.24, 2.45) is 0 Å². The molecule has 0 saturated heterocycles. The van der Waals surface area contributed by atoms with Gasteiger partial charge in [0.2, 0.25) is 5.69 Å². The maximum absolute atomic E-state index is 12.9. The van der Waals surface area contributed by atoms with E-state index in [0.717, 1.165) is 0 Å². The molecule has 0 spiro atoms. The number of phenolic OH excluding ortho intramolecular Hbond substituents is 1. The van der Waals surface area contributed by atoms with Crippen molar-refractivity contribution in [3.05, 3.63) is 41.2 Å². The Bertz CT molecular complexity index is 635. The van der Waals surface area contributed by atoms with Gasteiger partial charge < -0.3 is 10.2 Å². The van der Waals surface area contributed by atoms with Gasteiger partial charge in [-0.3, -0.25) is 0 Å². The Morgan fingerprint density at radius 3 is 2.35 bits per heavy atom. The van der Waals surface area contributed by atoms with Crippen LogP contribution in [-0.2, 0) is 12.7 Å². The van der Waals surface area contributed by atoms with Crippen LogP contribution in [0.1, 0.15) is 21.7 Å². The first kappa shape index (κ1) is 13.8. The fourth-order valence-corrected chi connectivity index (χ4v) is 1.62. The summed E-state index contributed by atoms with van der Waals surface area (Å²) in [7, 11) is 0. The van der Waals surface area contributed by atoms with Crippen molar-refractivity contribution in [3.8, 4) is 5.75 Å². The van der Waals surface area contributed by atoms with Crippen molar-refractivity contribution in [1.82, 2.24) is 15.0 Å². The van der Waals surface area contributed by atoms with Crippen LogP contribution in [0, 0.1) is 0 Å². The van der Waals surface area contributed by atoms with Crippen molar-refractivity contribution >= 4 is 5.97 Å². The van der Waals surface area contributed by atoms with Crippen LogP contribution in [0.3, 0.4) is 0 Å². The summed E-state index contributed by atoms with van der Waals surface area (Å²) in [6.45, 7) is -0.310. The fourth-order valence-electron chi connectivity index (χ4n) is 1.62. The first-order valence-corrected chi connectivity index (χ1v) is 5.31. The lowest BCUT2D eigenvalue weighted by atomic mass is 10.2. The van der Waals surface area contributed by atoms with Gasteiger partial charge >= 0.3 is 12.1 Å². The highest BCUT2D eigenvalue weighted by atomic mass is 19.4. The number of carboxylic acid groups (broad SMARTS) is 1. The summed E-state index contributed by atoms with van der Waals surface area (Å²) in [5, 5.41) is 24.1. The molecular weight excluding hydrogens is 279 g/mol. The Hall–Kier alpha value is -2.58. The van der Waals surface area contributed by atoms with Gasteiger partial charge in [0.05, 0.1) is 6.54 Å². The van der Waals surface area contributed by atoms with E-state index >= 15 is 0 Å². The molecule has 0 bridgehead atoms. The number of carboxylic acids is 1. The average molecular weight is 287 g/mol. The number of aromatic nitrogens is 3. The second kappa shape index (κ2) is 4.83. The molecule has 1 aromatic heterocycles. The highest BCUT2D eigenvalue weighted by Crippen LogP contribution is 2.31. The molecule has 0 unspecified atom stereocenters. The second-order valence-corrected chi connectivity index (χ2v) is 3.91. The van der Waals surface area contributed by atoms with Crippen molar-refractivity contribution < 1.29 is 28.2 Å². The van der Waals surface area contributed by atoms with Crippen LogP contribution in [-0.4, -0.2) is 31.2 Å². The molecule has 1 heterocycles. The molecule has 0 amide bonds. The maximum Gasteiger partial charge on any atom is 0.435 e. The number of phenols is 1. The monoisotopic (exact) mass is 287 g/mol. The Kier molecular flexibility index (Phi) is 3.35. The van der Waals surface area contributed by atoms with E-state index in [0.29, 0.717) is 10.2 Å². The largest absolute Gasteiger partial charge is 0.508 e. The van der Waals surface area contributed by atoms with E-state index in [2.05, 4.69) is 10.3 Å². The summed E-state index contributed by atoms with van der Waals surface area (Å²) in [6.07, 6.45) is -4.88. The SMILES string of the molecule is O=C(O)c1nnn(Cc2ccc(O)cc2)c1C(F)(F)F. The summed E-state index contributed by atoms with van der Waals surface area (Å²) in [5.74, 6) is -1.83. The highest BCUT2D eigenvalue weighted by Gasteiger charge is 2.41. The summed E-state index contributed by atoms with van der Waals surface area (Å²) in [4.78, 5) is 10.7. The van der Waals surface area contributed by atoms with Gasteiger partial charge in [0.25, 0.3) is 0 Å². The first-order valence-electron chi connectivity index (χ1n) is 5.31. The molecule has 0 saturated carbocycles. The first-order chi connectivity index (χ1) is 9.29. The number of alkyl halides is 3. The lowest BCUT2D eigenvalue weighted by Crippen LogP contribution is -2.18. The molecule has 0 radical (unpaired) electrons. The summed E-state index contributed by atoms with van der Waals surface area (Å²) in [6, 6.07) is 5.41. The quantitative estimate of drug-likeness (QED) is 0.897. The van der Waals surface area contributed by atoms with Gasteiger partial charge in [0.1, 0.15) is 5.75 Å². The van der Waals surface area contributed by atoms with Crippen molar-refractivity contribution in [2.45, 2.75) is 12.7 Å². The van der Waals surface area contributed by atoms with Crippen LogP contribution in [0.25, 0.3) is 0 Å². The normalized spacial score (nSPS) is 11.6. The third kappa shape index (κ3) is 2.71. The van der Waals surface area contributed by atoms with Crippen LogP contribution in [0.4, 0.5) is 13.2 Å². The second-order valence-electron chi connectivity index (χ2n) is 3.91. The van der Waals surface area contributed by atoms with Gasteiger partial charge in [-0.25, -0.2) is 9.48 Å². The predicted octanol–water partition coefficient (Wildman–Crippen LogP) is 1.75. The van der Waals surface area contributed by atoms with Crippen LogP contribution in [0.5, 0.6) is 5.75 Å². The van der Waals surface area contributed by atoms with E-state index < -0.39 is 23.5 Å². The predicted molar refractivity (Wildman–Crippen MR) is 59.2 cm³/mol. The number of benzene rings is 1. The molecule has 1 aromatic carbocycles. The minimum Gasteiger partial charge on any atom is -0.508 e.